The van der Waals surface area contributed by atoms with Crippen LogP contribution >= 0.6 is 0 Å². The highest BCUT2D eigenvalue weighted by Crippen LogP contribution is 2.42. The maximum atomic E-state index is 15.2. The number of hydrogen-bond acceptors (Lipinski definition) is 6. The van der Waals surface area contributed by atoms with Gasteiger partial charge in [-0.3, -0.25) is 19.4 Å². The lowest BCUT2D eigenvalue weighted by atomic mass is 9.98. The molecule has 4 rings (SSSR count). The van der Waals surface area contributed by atoms with Crippen LogP contribution in [0.4, 0.5) is 15.8 Å². The minimum atomic E-state index is -0.765. The molecule has 174 valence electrons. The number of aromatic nitrogens is 2. The number of pyridine rings is 2. The number of ketones is 1. The summed E-state index contributed by atoms with van der Waals surface area (Å²) >= 11 is 0. The van der Waals surface area contributed by atoms with Crippen LogP contribution in [0.2, 0.25) is 0 Å². The van der Waals surface area contributed by atoms with E-state index in [1.807, 2.05) is 0 Å². The number of benzene rings is 1. The second-order valence-corrected chi connectivity index (χ2v) is 8.08. The molecular weight excluding hydrogens is 439 g/mol. The second-order valence-electron chi connectivity index (χ2n) is 8.08. The van der Waals surface area contributed by atoms with Crippen LogP contribution in [0.1, 0.15) is 41.5 Å². The lowest BCUT2D eigenvalue weighted by Gasteiger charge is -2.24. The van der Waals surface area contributed by atoms with Crippen molar-refractivity contribution in [3.05, 3.63) is 65.5 Å². The SMILES string of the molecule is COc1cnc2c(c1)-c1c(cc(C)nc1F)N(CC(=O)Nc1ccc(C(C)=O)cc1)C(=O)[C@@H]2C. The van der Waals surface area contributed by atoms with Crippen molar-refractivity contribution in [3.63, 3.8) is 0 Å². The summed E-state index contributed by atoms with van der Waals surface area (Å²) in [5.74, 6) is -2.06. The number of amides is 2. The summed E-state index contributed by atoms with van der Waals surface area (Å²) in [6.45, 7) is 4.38. The number of rotatable bonds is 5. The normalized spacial score (nSPS) is 14.7. The number of Topliss-reactive ketones (excluding diaryl/α,β-unsaturated/α-hetero) is 1. The first-order valence-corrected chi connectivity index (χ1v) is 10.6. The number of anilines is 2. The number of hydrogen-bond donors (Lipinski definition) is 1. The van der Waals surface area contributed by atoms with Gasteiger partial charge in [0.15, 0.2) is 5.78 Å². The lowest BCUT2D eigenvalue weighted by molar-refractivity contribution is -0.122. The maximum absolute atomic E-state index is 15.2. The van der Waals surface area contributed by atoms with Crippen LogP contribution in [-0.4, -0.2) is 41.2 Å². The summed E-state index contributed by atoms with van der Waals surface area (Å²) in [6, 6.07) is 9.61. The largest absolute Gasteiger partial charge is 0.495 e. The van der Waals surface area contributed by atoms with Gasteiger partial charge >= 0.3 is 0 Å². The van der Waals surface area contributed by atoms with Crippen molar-refractivity contribution in [3.8, 4) is 16.9 Å². The molecule has 1 aliphatic heterocycles. The molecule has 3 heterocycles. The van der Waals surface area contributed by atoms with E-state index in [2.05, 4.69) is 15.3 Å². The van der Waals surface area contributed by atoms with E-state index in [1.54, 1.807) is 50.2 Å². The van der Waals surface area contributed by atoms with E-state index in [4.69, 9.17) is 4.74 Å². The Kier molecular flexibility index (Phi) is 6.10. The van der Waals surface area contributed by atoms with Gasteiger partial charge in [0.2, 0.25) is 17.8 Å². The van der Waals surface area contributed by atoms with Crippen molar-refractivity contribution in [2.24, 2.45) is 0 Å². The van der Waals surface area contributed by atoms with Crippen LogP contribution < -0.4 is 15.0 Å². The van der Waals surface area contributed by atoms with Gasteiger partial charge in [0.05, 0.1) is 36.2 Å². The minimum absolute atomic E-state index is 0.0864. The third-order valence-corrected chi connectivity index (χ3v) is 5.70. The molecule has 34 heavy (non-hydrogen) atoms. The number of ether oxygens (including phenoxy) is 1. The van der Waals surface area contributed by atoms with Crippen molar-refractivity contribution in [2.45, 2.75) is 26.7 Å². The molecule has 0 spiro atoms. The van der Waals surface area contributed by atoms with Gasteiger partial charge in [0.25, 0.3) is 0 Å². The Morgan fingerprint density at radius 2 is 1.91 bits per heavy atom. The number of methoxy groups -OCH3 is 1. The molecule has 1 atom stereocenters. The zero-order valence-corrected chi connectivity index (χ0v) is 19.2. The first-order chi connectivity index (χ1) is 16.2. The molecule has 1 aromatic carbocycles. The molecule has 2 aromatic heterocycles. The number of fused-ring (bicyclic) bond motifs is 3. The highest BCUT2D eigenvalue weighted by molar-refractivity contribution is 6.09. The summed E-state index contributed by atoms with van der Waals surface area (Å²) in [6.07, 6.45) is 1.47. The van der Waals surface area contributed by atoms with E-state index in [1.165, 1.54) is 25.1 Å². The van der Waals surface area contributed by atoms with Gasteiger partial charge in [0, 0.05) is 22.5 Å². The third-order valence-electron chi connectivity index (χ3n) is 5.70. The van der Waals surface area contributed by atoms with Gasteiger partial charge in [0.1, 0.15) is 12.3 Å². The number of aryl methyl sites for hydroxylation is 1. The standard InChI is InChI=1S/C25H23FN4O4/c1-13-9-20-22(24(26)28-13)19-10-18(34-4)11-27-23(19)14(2)25(33)30(20)12-21(32)29-17-7-5-16(6-8-17)15(3)31/h5-11,14H,12H2,1-4H3,(H,29,32)/t14-/m1/s1. The zero-order valence-electron chi connectivity index (χ0n) is 19.2. The van der Waals surface area contributed by atoms with Crippen LogP contribution in [0.15, 0.2) is 42.6 Å². The molecule has 0 fully saturated rings. The molecule has 0 saturated carbocycles. The quantitative estimate of drug-likeness (QED) is 0.456. The van der Waals surface area contributed by atoms with Crippen molar-refractivity contribution in [1.82, 2.24) is 9.97 Å². The van der Waals surface area contributed by atoms with E-state index in [-0.39, 0.29) is 23.6 Å². The van der Waals surface area contributed by atoms with Gasteiger partial charge < -0.3 is 15.0 Å². The Labute approximate surface area is 195 Å². The molecule has 0 bridgehead atoms. The Bertz CT molecular complexity index is 1310. The van der Waals surface area contributed by atoms with Gasteiger partial charge in [-0.05, 0) is 57.2 Å². The number of carbonyl (C=O) groups is 3. The minimum Gasteiger partial charge on any atom is -0.495 e. The highest BCUT2D eigenvalue weighted by Gasteiger charge is 2.36. The van der Waals surface area contributed by atoms with Crippen LogP contribution in [0, 0.1) is 12.9 Å². The van der Waals surface area contributed by atoms with Crippen molar-refractivity contribution < 1.29 is 23.5 Å². The fraction of sp³-hybridized carbons (Fsp3) is 0.240. The first kappa shape index (κ1) is 23.0. The first-order valence-electron chi connectivity index (χ1n) is 10.6. The third kappa shape index (κ3) is 4.24. The smallest absolute Gasteiger partial charge is 0.244 e. The van der Waals surface area contributed by atoms with Gasteiger partial charge in [-0.15, -0.1) is 0 Å². The van der Waals surface area contributed by atoms with E-state index in [0.717, 1.165) is 0 Å². The molecule has 0 aliphatic carbocycles. The fourth-order valence-corrected chi connectivity index (χ4v) is 3.96. The average molecular weight is 462 g/mol. The van der Waals surface area contributed by atoms with Crippen LogP contribution in [0.3, 0.4) is 0 Å². The van der Waals surface area contributed by atoms with E-state index < -0.39 is 23.7 Å². The Morgan fingerprint density at radius 1 is 1.21 bits per heavy atom. The molecule has 2 amide bonds. The zero-order chi connectivity index (χ0) is 24.6. The molecular formula is C25H23FN4O4. The molecule has 8 nitrogen and oxygen atoms in total. The van der Waals surface area contributed by atoms with Crippen LogP contribution in [-0.2, 0) is 9.59 Å². The van der Waals surface area contributed by atoms with Crippen molar-refractivity contribution in [1.29, 1.82) is 0 Å². The van der Waals surface area contributed by atoms with Crippen molar-refractivity contribution >= 4 is 29.0 Å². The number of nitrogens with zero attached hydrogens (tertiary/aromatic N) is 3. The predicted octanol–water partition coefficient (Wildman–Crippen LogP) is 3.89. The molecule has 0 unspecified atom stereocenters. The Balaban J connectivity index is 1.73. The Hall–Kier alpha value is -4.14. The van der Waals surface area contributed by atoms with E-state index in [9.17, 15) is 14.4 Å². The fourth-order valence-electron chi connectivity index (χ4n) is 3.96. The molecule has 0 saturated heterocycles. The van der Waals surface area contributed by atoms with Crippen LogP contribution in [0.25, 0.3) is 11.1 Å². The van der Waals surface area contributed by atoms with Gasteiger partial charge in [-0.25, -0.2) is 4.98 Å². The summed E-state index contributed by atoms with van der Waals surface area (Å²) in [4.78, 5) is 47.4. The summed E-state index contributed by atoms with van der Waals surface area (Å²) in [7, 11) is 1.47. The van der Waals surface area contributed by atoms with Gasteiger partial charge in [-0.2, -0.15) is 4.39 Å². The van der Waals surface area contributed by atoms with Crippen LogP contribution in [0.5, 0.6) is 5.75 Å². The summed E-state index contributed by atoms with van der Waals surface area (Å²) in [5, 5.41) is 2.72. The average Bonchev–Trinajstić information content (AvgIpc) is 2.88. The molecule has 0 radical (unpaired) electrons. The van der Waals surface area contributed by atoms with E-state index >= 15 is 4.39 Å². The molecule has 1 aliphatic rings. The predicted molar refractivity (Wildman–Crippen MR) is 125 cm³/mol. The molecule has 9 heteroatoms. The number of carbonyl (C=O) groups excluding carboxylic acids is 3. The van der Waals surface area contributed by atoms with E-state index in [0.29, 0.717) is 34.0 Å². The number of nitrogens with one attached hydrogen (secondary N) is 1. The molecule has 3 aromatic rings. The van der Waals surface area contributed by atoms with Crippen molar-refractivity contribution in [2.75, 3.05) is 23.9 Å². The second kappa shape index (κ2) is 9.01. The lowest BCUT2D eigenvalue weighted by Crippen LogP contribution is -2.40. The van der Waals surface area contributed by atoms with Gasteiger partial charge in [-0.1, -0.05) is 0 Å². The number of halogens is 1. The summed E-state index contributed by atoms with van der Waals surface area (Å²) < 4.78 is 20.4. The monoisotopic (exact) mass is 462 g/mol. The highest BCUT2D eigenvalue weighted by atomic mass is 19.1. The topological polar surface area (TPSA) is 101 Å². The molecule has 1 N–H and O–H groups in total. The Morgan fingerprint density at radius 3 is 2.56 bits per heavy atom. The maximum Gasteiger partial charge on any atom is 0.244 e. The summed E-state index contributed by atoms with van der Waals surface area (Å²) in [5.41, 5.74) is 2.43.